The zero-order chi connectivity index (χ0) is 37.0. The van der Waals surface area contributed by atoms with Crippen molar-refractivity contribution in [1.29, 1.82) is 0 Å². The summed E-state index contributed by atoms with van der Waals surface area (Å²) in [6.45, 7) is 7.02. The van der Waals surface area contributed by atoms with Crippen LogP contribution in [0.1, 0.15) is 55.1 Å². The summed E-state index contributed by atoms with van der Waals surface area (Å²) in [4.78, 5) is 36.1. The largest absolute Gasteiger partial charge is 0.497 e. The van der Waals surface area contributed by atoms with Gasteiger partial charge < -0.3 is 29.7 Å². The van der Waals surface area contributed by atoms with Gasteiger partial charge in [-0.1, -0.05) is 12.1 Å². The topological polar surface area (TPSA) is 133 Å². The fourth-order valence-corrected chi connectivity index (χ4v) is 5.80. The van der Waals surface area contributed by atoms with Crippen molar-refractivity contribution < 1.29 is 37.0 Å². The van der Waals surface area contributed by atoms with Crippen LogP contribution in [0.2, 0.25) is 0 Å². The maximum Gasteiger partial charge on any atom is 0.416 e. The SMILES string of the molecule is COc1ccc(Cn2nc(N3CCC[C@@H](NC(=O)OC(C)(C)C)C3)c3c(Oc4ccc(C(=O)Nc5cc(C(F)(F)F)ccn5)cc4)ccnc32)cc1. The standard InChI is InChI=1S/C37H38F3N7O5/c1-36(2,3)52-35(49)43-26-6-5-19-46(22-26)33-31-29(16-18-42-32(31)47(45-33)21-23-7-11-27(50-4)12-8-23)51-28-13-9-24(10-14-28)34(48)44-30-20-25(15-17-41-30)37(38,39)40/h7-18,20,26H,5-6,19,21-22H2,1-4H3,(H,43,49)(H,41,44,48)/t26-/m1/s1. The van der Waals surface area contributed by atoms with Gasteiger partial charge in [0.2, 0.25) is 0 Å². The van der Waals surface area contributed by atoms with E-state index in [0.29, 0.717) is 48.0 Å². The number of nitrogens with one attached hydrogen (secondary N) is 2. The molecule has 2 N–H and O–H groups in total. The smallest absolute Gasteiger partial charge is 0.416 e. The van der Waals surface area contributed by atoms with Gasteiger partial charge in [0, 0.05) is 43.2 Å². The molecule has 5 aromatic rings. The molecular formula is C37H38F3N7O5. The van der Waals surface area contributed by atoms with Crippen molar-refractivity contribution in [3.8, 4) is 17.2 Å². The maximum atomic E-state index is 13.1. The minimum absolute atomic E-state index is 0.184. The Kier molecular flexibility index (Phi) is 10.2. The molecule has 0 saturated carbocycles. The second-order valence-electron chi connectivity index (χ2n) is 13.3. The molecule has 0 bridgehead atoms. The van der Waals surface area contributed by atoms with Crippen LogP contribution < -0.4 is 25.0 Å². The highest BCUT2D eigenvalue weighted by Crippen LogP contribution is 2.37. The number of benzene rings is 2. The number of piperidine rings is 1. The molecule has 0 aliphatic carbocycles. The number of nitrogens with zero attached hydrogens (tertiary/aromatic N) is 5. The Morgan fingerprint density at radius 3 is 2.35 bits per heavy atom. The molecule has 1 aliphatic rings. The molecule has 12 nitrogen and oxygen atoms in total. The highest BCUT2D eigenvalue weighted by molar-refractivity contribution is 6.03. The number of rotatable bonds is 9. The van der Waals surface area contributed by atoms with Crippen LogP contribution >= 0.6 is 0 Å². The number of alkyl halides is 3. The highest BCUT2D eigenvalue weighted by Gasteiger charge is 2.31. The minimum Gasteiger partial charge on any atom is -0.497 e. The predicted octanol–water partition coefficient (Wildman–Crippen LogP) is 7.44. The molecule has 52 heavy (non-hydrogen) atoms. The van der Waals surface area contributed by atoms with Crippen LogP contribution in [-0.4, -0.2) is 63.6 Å². The van der Waals surface area contributed by atoms with Gasteiger partial charge in [0.15, 0.2) is 11.5 Å². The van der Waals surface area contributed by atoms with Crippen molar-refractivity contribution in [2.45, 2.75) is 58.0 Å². The van der Waals surface area contributed by atoms with Crippen molar-refractivity contribution in [1.82, 2.24) is 25.1 Å². The Morgan fingerprint density at radius 2 is 1.65 bits per heavy atom. The quantitative estimate of drug-likeness (QED) is 0.160. The first-order valence-corrected chi connectivity index (χ1v) is 16.6. The van der Waals surface area contributed by atoms with Gasteiger partial charge >= 0.3 is 12.3 Å². The number of fused-ring (bicyclic) bond motifs is 1. The number of hydrogen-bond donors (Lipinski definition) is 2. The Balaban J connectivity index is 1.27. The number of methoxy groups -OCH3 is 1. The lowest BCUT2D eigenvalue weighted by molar-refractivity contribution is -0.137. The van der Waals surface area contributed by atoms with Crippen LogP contribution in [0.3, 0.4) is 0 Å². The summed E-state index contributed by atoms with van der Waals surface area (Å²) in [5, 5.41) is 11.1. The van der Waals surface area contributed by atoms with Crippen molar-refractivity contribution in [3.63, 3.8) is 0 Å². The third-order valence-electron chi connectivity index (χ3n) is 8.18. The normalized spacial score (nSPS) is 14.9. The van der Waals surface area contributed by atoms with Crippen LogP contribution in [-0.2, 0) is 17.5 Å². The summed E-state index contributed by atoms with van der Waals surface area (Å²) < 4.78 is 58.4. The number of halogens is 3. The molecule has 15 heteroatoms. The maximum absolute atomic E-state index is 13.1. The van der Waals surface area contributed by atoms with E-state index in [0.717, 1.165) is 42.5 Å². The number of carbonyl (C=O) groups excluding carboxylic acids is 2. The van der Waals surface area contributed by atoms with Crippen molar-refractivity contribution >= 4 is 34.7 Å². The molecule has 1 fully saturated rings. The zero-order valence-electron chi connectivity index (χ0n) is 29.0. The summed E-state index contributed by atoms with van der Waals surface area (Å²) >= 11 is 0. The predicted molar refractivity (Wildman–Crippen MR) is 188 cm³/mol. The lowest BCUT2D eigenvalue weighted by atomic mass is 10.1. The van der Waals surface area contributed by atoms with Gasteiger partial charge in [0.05, 0.1) is 19.2 Å². The molecule has 0 spiro atoms. The van der Waals surface area contributed by atoms with Gasteiger partial charge in [-0.25, -0.2) is 19.4 Å². The van der Waals surface area contributed by atoms with Crippen LogP contribution in [0.15, 0.2) is 79.1 Å². The third kappa shape index (κ3) is 8.71. The number of pyridine rings is 2. The molecule has 6 rings (SSSR count). The molecule has 4 heterocycles. The lowest BCUT2D eigenvalue weighted by Crippen LogP contribution is -2.49. The van der Waals surface area contributed by atoms with Gasteiger partial charge in [-0.05, 0) is 87.7 Å². The number of anilines is 2. The first-order chi connectivity index (χ1) is 24.8. The Labute approximate surface area is 297 Å². The molecule has 1 atom stereocenters. The summed E-state index contributed by atoms with van der Waals surface area (Å²) in [6, 6.07) is 17.0. The molecule has 1 saturated heterocycles. The fraction of sp³-hybridized carbons (Fsp3) is 0.324. The molecular weight excluding hydrogens is 679 g/mol. The molecule has 3 aromatic heterocycles. The molecule has 272 valence electrons. The fourth-order valence-electron chi connectivity index (χ4n) is 5.80. The number of alkyl carbamates (subject to hydrolysis) is 1. The molecule has 0 unspecified atom stereocenters. The van der Waals surface area contributed by atoms with Crippen molar-refractivity contribution in [2.24, 2.45) is 0 Å². The lowest BCUT2D eigenvalue weighted by Gasteiger charge is -2.34. The van der Waals surface area contributed by atoms with Gasteiger partial charge in [0.1, 0.15) is 34.1 Å². The van der Waals surface area contributed by atoms with Gasteiger partial charge in [0.25, 0.3) is 5.91 Å². The van der Waals surface area contributed by atoms with Crippen LogP contribution in [0, 0.1) is 0 Å². The van der Waals surface area contributed by atoms with Gasteiger partial charge in [-0.3, -0.25) is 4.79 Å². The molecule has 1 aliphatic heterocycles. The van der Waals surface area contributed by atoms with Gasteiger partial charge in [-0.15, -0.1) is 0 Å². The van der Waals surface area contributed by atoms with Crippen LogP contribution in [0.5, 0.6) is 17.2 Å². The number of hydrogen-bond acceptors (Lipinski definition) is 9. The van der Waals surface area contributed by atoms with E-state index in [1.807, 2.05) is 45.0 Å². The minimum atomic E-state index is -4.57. The average molecular weight is 718 g/mol. The van der Waals surface area contributed by atoms with Crippen LogP contribution in [0.25, 0.3) is 11.0 Å². The number of amides is 2. The first-order valence-electron chi connectivity index (χ1n) is 16.6. The van der Waals surface area contributed by atoms with E-state index in [4.69, 9.17) is 19.3 Å². The van der Waals surface area contributed by atoms with E-state index in [2.05, 4.69) is 25.5 Å². The number of carbonyl (C=O) groups is 2. The Bertz CT molecular complexity index is 2040. The highest BCUT2D eigenvalue weighted by atomic mass is 19.4. The number of ether oxygens (including phenoxy) is 3. The second-order valence-corrected chi connectivity index (χ2v) is 13.3. The van der Waals surface area contributed by atoms with E-state index < -0.39 is 29.3 Å². The van der Waals surface area contributed by atoms with Crippen molar-refractivity contribution in [2.75, 3.05) is 30.4 Å². The summed E-state index contributed by atoms with van der Waals surface area (Å²) in [5.74, 6) is 1.38. The van der Waals surface area contributed by atoms with E-state index in [1.165, 1.54) is 12.1 Å². The van der Waals surface area contributed by atoms with E-state index >= 15 is 0 Å². The molecule has 2 aromatic carbocycles. The Morgan fingerprint density at radius 1 is 0.942 bits per heavy atom. The summed E-state index contributed by atoms with van der Waals surface area (Å²) in [6.07, 6.45) is -0.878. The van der Waals surface area contributed by atoms with Crippen molar-refractivity contribution in [3.05, 3.63) is 95.8 Å². The number of aromatic nitrogens is 4. The van der Waals surface area contributed by atoms with Gasteiger partial charge in [-0.2, -0.15) is 18.3 Å². The summed E-state index contributed by atoms with van der Waals surface area (Å²) in [7, 11) is 1.61. The molecule has 0 radical (unpaired) electrons. The first kappa shape index (κ1) is 35.9. The van der Waals surface area contributed by atoms with E-state index in [1.54, 1.807) is 36.2 Å². The third-order valence-corrected chi connectivity index (χ3v) is 8.18. The second kappa shape index (κ2) is 14.8. The van der Waals surface area contributed by atoms with E-state index in [-0.39, 0.29) is 17.4 Å². The van der Waals surface area contributed by atoms with Crippen LogP contribution in [0.4, 0.5) is 29.6 Å². The zero-order valence-corrected chi connectivity index (χ0v) is 29.0. The summed E-state index contributed by atoms with van der Waals surface area (Å²) in [5.41, 5.74) is 0.194. The molecule has 2 amide bonds. The monoisotopic (exact) mass is 717 g/mol. The Hall–Kier alpha value is -5.86. The average Bonchev–Trinajstić information content (AvgIpc) is 3.47. The van der Waals surface area contributed by atoms with E-state index in [9.17, 15) is 22.8 Å².